The second-order valence-corrected chi connectivity index (χ2v) is 28.4. The summed E-state index contributed by atoms with van der Waals surface area (Å²) in [6.45, 7) is 15.2. The third-order valence-corrected chi connectivity index (χ3v) is 18.5. The van der Waals surface area contributed by atoms with Crippen molar-refractivity contribution in [3.05, 3.63) is 18.2 Å². The first-order valence-corrected chi connectivity index (χ1v) is 37.3. The number of Topliss-reactive ketones (excluding diaryl/α,β-unsaturated/α-hetero) is 1. The van der Waals surface area contributed by atoms with Crippen LogP contribution in [0.25, 0.3) is 0 Å². The number of carbonyl (C=O) groups excluding carboxylic acids is 15. The highest BCUT2D eigenvalue weighted by atomic mass is 16.4. The number of aromatic nitrogens is 2. The van der Waals surface area contributed by atoms with Crippen LogP contribution in [0.1, 0.15) is 196 Å². The van der Waals surface area contributed by atoms with Crippen LogP contribution in [0, 0.1) is 29.6 Å². The van der Waals surface area contributed by atoms with Gasteiger partial charge in [0.15, 0.2) is 11.7 Å². The number of amides is 14. The quantitative estimate of drug-likeness (QED) is 0.0170. The molecular weight excluding hydrogens is 1410 g/mol. The minimum atomic E-state index is -1.83. The molecule has 1 aromatic heterocycles. The lowest BCUT2D eigenvalue weighted by Crippen LogP contribution is -2.60. The predicted molar refractivity (Wildman–Crippen MR) is 397 cm³/mol. The number of H-pyrrole nitrogens is 1. The third kappa shape index (κ3) is 36.1. The standard InChI is InChI=1S/C70H121N21O17/c1-10-39(7)57(59(74)98)90-69(108)58(40(8)11-2)91-66(105)49(25-27-56(96)97)83-60(99)43(38(5)6)19-12-13-23-53(93)50(31-37(3)4)87-64(103)45(20-14-16-28-71)84-63(102)47(22-18-30-79-70(75)76)86-68(107)52(33-54(73)94)89-65(104)46-21-15-17-29-78-55(95)26-24-48(82-41(9)92)62(101)80-35-44(72)61(100)88-51(67(106)85-46)32-42-34-77-36-81-42/h34,36-40,43-52,57-58H,10-33,35,71-72H2,1-9H3,(H2,73,94)(H2,74,98)(H,77,81)(H,78,95)(H,80,101)(H,82,92)(H,83,99)(H,84,102)(H,85,106)(H,86,107)(H,87,103)(H,88,100)(H,89,104)(H,90,108)(H,91,105)(H,96,97)(H4,75,76,79)/t39-,40-,43?,44?,45-,46+,47-,48+,49-,50-,51+,52-,57-,58-/m0/s1. The molecule has 38 nitrogen and oxygen atoms in total. The highest BCUT2D eigenvalue weighted by molar-refractivity contribution is 6.00. The molecule has 14 atom stereocenters. The van der Waals surface area contributed by atoms with Crippen LogP contribution < -0.4 is 98.2 Å². The minimum absolute atomic E-state index is 0.00924. The van der Waals surface area contributed by atoms with Crippen molar-refractivity contribution < 1.29 is 81.8 Å². The fraction of sp³-hybridized carbons (Fsp3) is 0.714. The fourth-order valence-corrected chi connectivity index (χ4v) is 11.8. The van der Waals surface area contributed by atoms with E-state index in [-0.39, 0.29) is 139 Å². The highest BCUT2D eigenvalue weighted by Gasteiger charge is 2.38. The number of guanidine groups is 1. The van der Waals surface area contributed by atoms with Gasteiger partial charge in [0.1, 0.15) is 60.4 Å². The van der Waals surface area contributed by atoms with E-state index in [1.165, 1.54) is 19.4 Å². The van der Waals surface area contributed by atoms with E-state index in [0.717, 1.165) is 0 Å². The van der Waals surface area contributed by atoms with Crippen LogP contribution in [-0.4, -0.2) is 208 Å². The summed E-state index contributed by atoms with van der Waals surface area (Å²) in [5, 5.41) is 41.0. The van der Waals surface area contributed by atoms with E-state index in [2.05, 4.69) is 78.8 Å². The zero-order valence-corrected chi connectivity index (χ0v) is 63.9. The van der Waals surface area contributed by atoms with Gasteiger partial charge in [-0.1, -0.05) is 74.7 Å². The van der Waals surface area contributed by atoms with Gasteiger partial charge in [-0.05, 0) is 114 Å². The Morgan fingerprint density at radius 1 is 0.630 bits per heavy atom. The molecule has 608 valence electrons. The van der Waals surface area contributed by atoms with Crippen LogP contribution in [0.4, 0.5) is 0 Å². The number of aliphatic carboxylic acids is 1. The van der Waals surface area contributed by atoms with Crippen molar-refractivity contribution in [3.63, 3.8) is 0 Å². The Kier molecular flexibility index (Phi) is 43.5. The Bertz CT molecular complexity index is 3190. The smallest absolute Gasteiger partial charge is 0.303 e. The summed E-state index contributed by atoms with van der Waals surface area (Å²) >= 11 is 0. The zero-order valence-electron chi connectivity index (χ0n) is 63.9. The Balaban J connectivity index is 2.47. The minimum Gasteiger partial charge on any atom is -0.481 e. The van der Waals surface area contributed by atoms with Crippen molar-refractivity contribution in [1.29, 1.82) is 0 Å². The monoisotopic (exact) mass is 1530 g/mol. The summed E-state index contributed by atoms with van der Waals surface area (Å²) in [6, 6.07) is -15.1. The number of hydrogen-bond donors (Lipinski definition) is 20. The molecule has 0 saturated carbocycles. The van der Waals surface area contributed by atoms with Crippen molar-refractivity contribution in [3.8, 4) is 0 Å². The fourth-order valence-electron chi connectivity index (χ4n) is 11.8. The number of aromatic amines is 1. The molecular formula is C70H121N21O17. The number of ketones is 1. The molecule has 1 fully saturated rings. The largest absolute Gasteiger partial charge is 0.481 e. The molecule has 1 saturated heterocycles. The summed E-state index contributed by atoms with van der Waals surface area (Å²) in [4.78, 5) is 228. The number of rotatable bonds is 44. The van der Waals surface area contributed by atoms with Crippen LogP contribution in [-0.2, 0) is 83.1 Å². The average Bonchev–Trinajstić information content (AvgIpc) is 1.06. The van der Waals surface area contributed by atoms with Gasteiger partial charge in [-0.25, -0.2) is 4.98 Å². The Labute approximate surface area is 630 Å². The Morgan fingerprint density at radius 3 is 1.78 bits per heavy atom. The van der Waals surface area contributed by atoms with Crippen LogP contribution in [0.15, 0.2) is 17.5 Å². The highest BCUT2D eigenvalue weighted by Crippen LogP contribution is 2.22. The number of nitrogens with zero attached hydrogens (tertiary/aromatic N) is 2. The molecule has 2 unspecified atom stereocenters. The van der Waals surface area contributed by atoms with Crippen LogP contribution in [0.3, 0.4) is 0 Å². The van der Waals surface area contributed by atoms with Crippen LogP contribution >= 0.6 is 0 Å². The first-order valence-electron chi connectivity index (χ1n) is 37.3. The number of nitrogens with one attached hydrogen (secondary N) is 13. The summed E-state index contributed by atoms with van der Waals surface area (Å²) < 4.78 is 0. The molecule has 0 bridgehead atoms. The maximum Gasteiger partial charge on any atom is 0.303 e. The van der Waals surface area contributed by atoms with E-state index in [1.807, 2.05) is 20.8 Å². The Hall–Kier alpha value is -9.88. The van der Waals surface area contributed by atoms with Gasteiger partial charge < -0.3 is 108 Å². The zero-order chi connectivity index (χ0) is 81.3. The maximum atomic E-state index is 14.6. The molecule has 26 N–H and O–H groups in total. The summed E-state index contributed by atoms with van der Waals surface area (Å²) in [7, 11) is 0. The Morgan fingerprint density at radius 2 is 1.21 bits per heavy atom. The maximum absolute atomic E-state index is 14.6. The number of hydrogen-bond acceptors (Lipinski definition) is 20. The molecule has 0 radical (unpaired) electrons. The van der Waals surface area contributed by atoms with Crippen molar-refractivity contribution in [2.24, 2.45) is 69.0 Å². The van der Waals surface area contributed by atoms with Gasteiger partial charge in [0.05, 0.1) is 18.8 Å². The molecule has 1 aliphatic rings. The lowest BCUT2D eigenvalue weighted by molar-refractivity contribution is -0.139. The van der Waals surface area contributed by atoms with Gasteiger partial charge in [-0.15, -0.1) is 0 Å². The summed E-state index contributed by atoms with van der Waals surface area (Å²) in [5.41, 5.74) is 34.8. The number of nitrogens with two attached hydrogens (primary N) is 6. The number of unbranched alkanes of at least 4 members (excludes halogenated alkanes) is 2. The van der Waals surface area contributed by atoms with Gasteiger partial charge in [0, 0.05) is 70.0 Å². The van der Waals surface area contributed by atoms with Crippen molar-refractivity contribution in [1.82, 2.24) is 73.8 Å². The third-order valence-electron chi connectivity index (χ3n) is 18.5. The lowest BCUT2D eigenvalue weighted by Gasteiger charge is -2.30. The first-order chi connectivity index (χ1) is 50.9. The van der Waals surface area contributed by atoms with E-state index in [4.69, 9.17) is 34.4 Å². The van der Waals surface area contributed by atoms with Crippen LogP contribution in [0.2, 0.25) is 0 Å². The first kappa shape index (κ1) is 94.2. The van der Waals surface area contributed by atoms with E-state index < -0.39 is 186 Å². The summed E-state index contributed by atoms with van der Waals surface area (Å²) in [6.07, 6.45) is 2.87. The SMILES string of the molecule is CC[C@H](C)[C@H](NC(=O)[C@@H](NC(=O)[C@H](CCC(=O)O)NC(=O)C(CCCCC(=O)[C@H](CC(C)C)NC(=O)[C@H](CCCCN)NC(=O)[C@H](CCCN=C(N)N)NC(=O)[C@H](CC(N)=O)NC(=O)[C@H]1CCCCNC(=O)CC[C@@H](NC(C)=O)C(=O)NCC(N)C(=O)N[C@H](Cc2cnc[nH]2)C(=O)N1)C(C)C)[C@@H](C)CC)C(N)=O. The topological polar surface area (TPSA) is 635 Å². The van der Waals surface area contributed by atoms with Gasteiger partial charge >= 0.3 is 5.97 Å². The van der Waals surface area contributed by atoms with E-state index in [1.54, 1.807) is 34.6 Å². The van der Waals surface area contributed by atoms with E-state index in [0.29, 0.717) is 37.8 Å². The van der Waals surface area contributed by atoms with Crippen molar-refractivity contribution in [2.75, 3.05) is 26.2 Å². The normalized spacial score (nSPS) is 19.0. The van der Waals surface area contributed by atoms with Gasteiger partial charge in [0.25, 0.3) is 0 Å². The number of imidazole rings is 1. The number of aliphatic imine (C=N–C) groups is 1. The number of carbonyl (C=O) groups is 16. The molecule has 38 heteroatoms. The second-order valence-electron chi connectivity index (χ2n) is 28.4. The van der Waals surface area contributed by atoms with Crippen molar-refractivity contribution in [2.45, 2.75) is 264 Å². The number of carboxylic acid groups (broad SMARTS) is 1. The van der Waals surface area contributed by atoms with Gasteiger partial charge in [-0.2, -0.15) is 0 Å². The molecule has 0 aromatic carbocycles. The molecule has 108 heavy (non-hydrogen) atoms. The molecule has 1 aliphatic heterocycles. The van der Waals surface area contributed by atoms with Crippen molar-refractivity contribution >= 4 is 100 Å². The van der Waals surface area contributed by atoms with Crippen LogP contribution in [0.5, 0.6) is 0 Å². The van der Waals surface area contributed by atoms with E-state index >= 15 is 0 Å². The molecule has 14 amide bonds. The summed E-state index contributed by atoms with van der Waals surface area (Å²) in [5.74, 6) is -15.3. The molecule has 0 aliphatic carbocycles. The van der Waals surface area contributed by atoms with Gasteiger partial charge in [-0.3, -0.25) is 81.7 Å². The molecule has 0 spiro atoms. The number of primary amides is 2. The lowest BCUT2D eigenvalue weighted by atomic mass is 9.88. The average molecular weight is 1530 g/mol. The second kappa shape index (κ2) is 49.9. The molecule has 1 aromatic rings. The van der Waals surface area contributed by atoms with E-state index in [9.17, 15) is 81.8 Å². The van der Waals surface area contributed by atoms with Gasteiger partial charge in [0.2, 0.25) is 82.7 Å². The molecule has 2 heterocycles. The molecule has 2 rings (SSSR count). The number of carboxylic acids is 1. The predicted octanol–water partition coefficient (Wildman–Crippen LogP) is -3.71.